The summed E-state index contributed by atoms with van der Waals surface area (Å²) in [5.41, 5.74) is 1.89. The van der Waals surface area contributed by atoms with Crippen LogP contribution in [0.5, 0.6) is 5.75 Å². The van der Waals surface area contributed by atoms with E-state index in [-0.39, 0.29) is 12.6 Å². The molecular formula is C13H19N3O2. The number of fused-ring (bicyclic) bond motifs is 1. The predicted octanol–water partition coefficient (Wildman–Crippen LogP) is 1.56. The van der Waals surface area contributed by atoms with E-state index in [4.69, 9.17) is 9.84 Å². The molecule has 98 valence electrons. The molecule has 1 heterocycles. The van der Waals surface area contributed by atoms with E-state index >= 15 is 0 Å². The molecule has 2 rings (SSSR count). The van der Waals surface area contributed by atoms with Crippen LogP contribution < -0.4 is 4.74 Å². The van der Waals surface area contributed by atoms with Gasteiger partial charge in [-0.15, -0.1) is 0 Å². The van der Waals surface area contributed by atoms with Crippen LogP contribution in [0.2, 0.25) is 0 Å². The van der Waals surface area contributed by atoms with Gasteiger partial charge in [-0.3, -0.25) is 4.90 Å². The van der Waals surface area contributed by atoms with Crippen LogP contribution in [0.3, 0.4) is 0 Å². The fourth-order valence-electron chi connectivity index (χ4n) is 1.89. The van der Waals surface area contributed by atoms with Gasteiger partial charge in [0.1, 0.15) is 11.6 Å². The third-order valence-electron chi connectivity index (χ3n) is 3.22. The van der Waals surface area contributed by atoms with E-state index in [2.05, 4.69) is 21.8 Å². The Hall–Kier alpha value is -1.59. The molecule has 18 heavy (non-hydrogen) atoms. The number of hydrogen-bond donors (Lipinski definition) is 2. The number of H-pyrrole nitrogens is 1. The Balaban J connectivity index is 2.29. The van der Waals surface area contributed by atoms with E-state index in [0.29, 0.717) is 6.54 Å². The minimum Gasteiger partial charge on any atom is -0.497 e. The van der Waals surface area contributed by atoms with E-state index in [0.717, 1.165) is 22.6 Å². The summed E-state index contributed by atoms with van der Waals surface area (Å²) < 4.78 is 5.19. The number of methoxy groups -OCH3 is 1. The van der Waals surface area contributed by atoms with E-state index in [1.807, 2.05) is 25.2 Å². The highest BCUT2D eigenvalue weighted by Crippen LogP contribution is 2.22. The summed E-state index contributed by atoms with van der Waals surface area (Å²) in [6.07, 6.45) is 0. The van der Waals surface area contributed by atoms with Crippen LogP contribution in [0.1, 0.15) is 18.8 Å². The van der Waals surface area contributed by atoms with Gasteiger partial charge in [-0.2, -0.15) is 0 Å². The molecule has 1 aromatic carbocycles. The molecule has 1 unspecified atom stereocenters. The first-order valence-corrected chi connectivity index (χ1v) is 6.00. The van der Waals surface area contributed by atoms with Crippen LogP contribution in [0, 0.1) is 0 Å². The second-order valence-corrected chi connectivity index (χ2v) is 4.39. The highest BCUT2D eigenvalue weighted by molar-refractivity contribution is 5.76. The second-order valence-electron chi connectivity index (χ2n) is 4.39. The van der Waals surface area contributed by atoms with Gasteiger partial charge in [-0.05, 0) is 26.1 Å². The molecule has 0 saturated carbocycles. The average Bonchev–Trinajstić information content (AvgIpc) is 2.80. The normalized spacial score (nSPS) is 13.2. The first kappa shape index (κ1) is 12.9. The summed E-state index contributed by atoms with van der Waals surface area (Å²) in [7, 11) is 3.62. The number of benzene rings is 1. The predicted molar refractivity (Wildman–Crippen MR) is 70.8 cm³/mol. The lowest BCUT2D eigenvalue weighted by Gasteiger charge is -2.21. The minimum atomic E-state index is 0.135. The van der Waals surface area contributed by atoms with Crippen molar-refractivity contribution in [3.8, 4) is 5.75 Å². The van der Waals surface area contributed by atoms with E-state index < -0.39 is 0 Å². The van der Waals surface area contributed by atoms with Crippen molar-refractivity contribution in [3.63, 3.8) is 0 Å². The molecular weight excluding hydrogens is 230 g/mol. The summed E-state index contributed by atoms with van der Waals surface area (Å²) in [6, 6.07) is 5.91. The molecule has 0 radical (unpaired) electrons. The topological polar surface area (TPSA) is 61.4 Å². The van der Waals surface area contributed by atoms with Crippen molar-refractivity contribution < 1.29 is 9.84 Å². The smallest absolute Gasteiger partial charge is 0.124 e. The molecule has 0 aliphatic heterocycles. The molecule has 0 fully saturated rings. The Kier molecular flexibility index (Phi) is 3.84. The Bertz CT molecular complexity index is 524. The maximum atomic E-state index is 8.95. The Morgan fingerprint density at radius 1 is 1.50 bits per heavy atom. The average molecular weight is 249 g/mol. The first-order chi connectivity index (χ1) is 8.65. The molecule has 5 heteroatoms. The largest absolute Gasteiger partial charge is 0.497 e. The quantitative estimate of drug-likeness (QED) is 0.844. The number of hydrogen-bond acceptors (Lipinski definition) is 4. The van der Waals surface area contributed by atoms with Crippen molar-refractivity contribution in [3.05, 3.63) is 24.0 Å². The van der Waals surface area contributed by atoms with Crippen molar-refractivity contribution in [1.29, 1.82) is 0 Å². The molecule has 0 aliphatic rings. The maximum Gasteiger partial charge on any atom is 0.124 e. The first-order valence-electron chi connectivity index (χ1n) is 6.00. The van der Waals surface area contributed by atoms with Crippen molar-refractivity contribution >= 4 is 11.0 Å². The zero-order valence-electron chi connectivity index (χ0n) is 11.0. The SMILES string of the molecule is COc1ccc2nc(C(C)N(C)CCO)[nH]c2c1. The highest BCUT2D eigenvalue weighted by Gasteiger charge is 2.15. The summed E-state index contributed by atoms with van der Waals surface area (Å²) in [4.78, 5) is 9.90. The number of rotatable bonds is 5. The number of imidazole rings is 1. The zero-order chi connectivity index (χ0) is 13.1. The van der Waals surface area contributed by atoms with Crippen molar-refractivity contribution in [1.82, 2.24) is 14.9 Å². The maximum absolute atomic E-state index is 8.95. The van der Waals surface area contributed by atoms with Crippen molar-refractivity contribution in [2.75, 3.05) is 27.3 Å². The van der Waals surface area contributed by atoms with Gasteiger partial charge in [0.2, 0.25) is 0 Å². The number of likely N-dealkylation sites (N-methyl/N-ethyl adjacent to an activating group) is 1. The van der Waals surface area contributed by atoms with Crippen LogP contribution in [0.25, 0.3) is 11.0 Å². The van der Waals surface area contributed by atoms with Crippen molar-refractivity contribution in [2.45, 2.75) is 13.0 Å². The molecule has 5 nitrogen and oxygen atoms in total. The second kappa shape index (κ2) is 5.37. The van der Waals surface area contributed by atoms with Crippen LogP contribution in [-0.2, 0) is 0 Å². The monoisotopic (exact) mass is 249 g/mol. The fraction of sp³-hybridized carbons (Fsp3) is 0.462. The van der Waals surface area contributed by atoms with Gasteiger partial charge in [0.25, 0.3) is 0 Å². The molecule has 2 aromatic rings. The number of aromatic nitrogens is 2. The number of nitrogens with one attached hydrogen (secondary N) is 1. The third kappa shape index (κ3) is 2.47. The summed E-state index contributed by atoms with van der Waals surface area (Å²) in [6.45, 7) is 2.83. The van der Waals surface area contributed by atoms with E-state index in [1.54, 1.807) is 7.11 Å². The molecule has 0 aliphatic carbocycles. The number of nitrogens with zero attached hydrogens (tertiary/aromatic N) is 2. The molecule has 0 amide bonds. The summed E-state index contributed by atoms with van der Waals surface area (Å²) in [5.74, 6) is 1.71. The standard InChI is InChI=1S/C13H19N3O2/c1-9(16(2)6-7-17)13-14-11-5-4-10(18-3)8-12(11)15-13/h4-5,8-9,17H,6-7H2,1-3H3,(H,14,15). The van der Waals surface area contributed by atoms with Crippen LogP contribution in [0.4, 0.5) is 0 Å². The fourth-order valence-corrected chi connectivity index (χ4v) is 1.89. The number of ether oxygens (including phenoxy) is 1. The third-order valence-corrected chi connectivity index (χ3v) is 3.22. The number of aliphatic hydroxyl groups excluding tert-OH is 1. The lowest BCUT2D eigenvalue weighted by Crippen LogP contribution is -2.26. The van der Waals surface area contributed by atoms with Crippen molar-refractivity contribution in [2.24, 2.45) is 0 Å². The van der Waals surface area contributed by atoms with Gasteiger partial charge in [0.15, 0.2) is 0 Å². The van der Waals surface area contributed by atoms with E-state index in [1.165, 1.54) is 0 Å². The van der Waals surface area contributed by atoms with Gasteiger partial charge in [0.05, 0.1) is 30.8 Å². The Morgan fingerprint density at radius 3 is 2.94 bits per heavy atom. The number of aliphatic hydroxyl groups is 1. The molecule has 0 bridgehead atoms. The molecule has 1 atom stereocenters. The molecule has 2 N–H and O–H groups in total. The minimum absolute atomic E-state index is 0.135. The zero-order valence-corrected chi connectivity index (χ0v) is 11.0. The summed E-state index contributed by atoms with van der Waals surface area (Å²) in [5, 5.41) is 8.95. The van der Waals surface area contributed by atoms with Crippen LogP contribution in [-0.4, -0.2) is 47.3 Å². The van der Waals surface area contributed by atoms with E-state index in [9.17, 15) is 0 Å². The van der Waals surface area contributed by atoms with Gasteiger partial charge in [0, 0.05) is 12.6 Å². The lowest BCUT2D eigenvalue weighted by atomic mass is 10.3. The van der Waals surface area contributed by atoms with Gasteiger partial charge in [-0.1, -0.05) is 0 Å². The highest BCUT2D eigenvalue weighted by atomic mass is 16.5. The molecule has 0 saturated heterocycles. The lowest BCUT2D eigenvalue weighted by molar-refractivity contribution is 0.185. The van der Waals surface area contributed by atoms with Gasteiger partial charge < -0.3 is 14.8 Å². The Labute approximate surface area is 106 Å². The van der Waals surface area contributed by atoms with Crippen LogP contribution >= 0.6 is 0 Å². The van der Waals surface area contributed by atoms with Gasteiger partial charge in [-0.25, -0.2) is 4.98 Å². The number of aromatic amines is 1. The van der Waals surface area contributed by atoms with Crippen LogP contribution in [0.15, 0.2) is 18.2 Å². The van der Waals surface area contributed by atoms with Gasteiger partial charge >= 0.3 is 0 Å². The molecule has 0 spiro atoms. The Morgan fingerprint density at radius 2 is 2.28 bits per heavy atom. The molecule has 1 aromatic heterocycles. The summed E-state index contributed by atoms with van der Waals surface area (Å²) >= 11 is 0.